The van der Waals surface area contributed by atoms with Crippen molar-refractivity contribution in [2.24, 2.45) is 7.05 Å². The van der Waals surface area contributed by atoms with Crippen LogP contribution in [0.4, 0.5) is 0 Å². The van der Waals surface area contributed by atoms with Crippen LogP contribution in [0.15, 0.2) is 24.3 Å². The molecule has 1 aromatic heterocycles. The van der Waals surface area contributed by atoms with E-state index in [-0.39, 0.29) is 0 Å². The first-order valence-electron chi connectivity index (χ1n) is 7.37. The second-order valence-corrected chi connectivity index (χ2v) is 5.88. The number of fused-ring (bicyclic) bond motifs is 1. The second-order valence-electron chi connectivity index (χ2n) is 5.88. The van der Waals surface area contributed by atoms with Crippen LogP contribution < -0.4 is 5.32 Å². The summed E-state index contributed by atoms with van der Waals surface area (Å²) in [6.07, 6.45) is 2.37. The summed E-state index contributed by atoms with van der Waals surface area (Å²) in [5, 5.41) is 8.04. The topological polar surface area (TPSA) is 29.9 Å². The predicted octanol–water partition coefficient (Wildman–Crippen LogP) is 3.03. The van der Waals surface area contributed by atoms with E-state index in [9.17, 15) is 0 Å². The average Bonchev–Trinajstić information content (AvgIpc) is 2.66. The van der Waals surface area contributed by atoms with Gasteiger partial charge in [0, 0.05) is 24.3 Å². The van der Waals surface area contributed by atoms with Crippen molar-refractivity contribution < 1.29 is 0 Å². The maximum absolute atomic E-state index is 4.55. The van der Waals surface area contributed by atoms with Crippen LogP contribution in [0.25, 0.3) is 0 Å². The molecule has 0 saturated heterocycles. The van der Waals surface area contributed by atoms with Gasteiger partial charge in [-0.1, -0.05) is 24.3 Å². The molecule has 3 heteroatoms. The van der Waals surface area contributed by atoms with Crippen LogP contribution in [0, 0.1) is 13.8 Å². The smallest absolute Gasteiger partial charge is 0.0644 e. The standard InChI is InChI=1S/C17H23N3/c1-11-17(12(2)20(4)19-11)16(18-3)10-14-9-13-7-5-6-8-15(13)14/h5-8,14,16,18H,9-10H2,1-4H3. The van der Waals surface area contributed by atoms with E-state index in [2.05, 4.69) is 55.6 Å². The lowest BCUT2D eigenvalue weighted by Gasteiger charge is -2.33. The van der Waals surface area contributed by atoms with Crippen molar-refractivity contribution in [1.29, 1.82) is 0 Å². The Balaban J connectivity index is 1.82. The van der Waals surface area contributed by atoms with Crippen LogP contribution in [-0.4, -0.2) is 16.8 Å². The summed E-state index contributed by atoms with van der Waals surface area (Å²) in [6.45, 7) is 4.27. The molecule has 2 atom stereocenters. The molecule has 106 valence electrons. The maximum Gasteiger partial charge on any atom is 0.0644 e. The van der Waals surface area contributed by atoms with E-state index in [4.69, 9.17) is 0 Å². The third kappa shape index (κ3) is 2.06. The van der Waals surface area contributed by atoms with E-state index in [1.165, 1.54) is 28.8 Å². The van der Waals surface area contributed by atoms with Gasteiger partial charge in [-0.25, -0.2) is 0 Å². The lowest BCUT2D eigenvalue weighted by atomic mass is 9.73. The van der Waals surface area contributed by atoms with E-state index in [0.717, 1.165) is 12.1 Å². The summed E-state index contributed by atoms with van der Waals surface area (Å²) >= 11 is 0. The Morgan fingerprint density at radius 2 is 2.10 bits per heavy atom. The Morgan fingerprint density at radius 3 is 2.70 bits per heavy atom. The van der Waals surface area contributed by atoms with E-state index in [0.29, 0.717) is 12.0 Å². The van der Waals surface area contributed by atoms with Crippen LogP contribution >= 0.6 is 0 Å². The second kappa shape index (κ2) is 5.06. The molecule has 1 aromatic carbocycles. The molecule has 1 N–H and O–H groups in total. The van der Waals surface area contributed by atoms with Crippen LogP contribution in [0.1, 0.15) is 46.5 Å². The van der Waals surface area contributed by atoms with Crippen LogP contribution in [0.2, 0.25) is 0 Å². The van der Waals surface area contributed by atoms with Gasteiger partial charge >= 0.3 is 0 Å². The molecule has 20 heavy (non-hydrogen) atoms. The number of aromatic nitrogens is 2. The molecule has 0 radical (unpaired) electrons. The Labute approximate surface area is 121 Å². The minimum atomic E-state index is 0.391. The first kappa shape index (κ1) is 13.4. The molecule has 3 nitrogen and oxygen atoms in total. The van der Waals surface area contributed by atoms with Crippen molar-refractivity contribution >= 4 is 0 Å². The molecule has 0 saturated carbocycles. The highest BCUT2D eigenvalue weighted by atomic mass is 15.3. The van der Waals surface area contributed by atoms with Gasteiger partial charge in [0.15, 0.2) is 0 Å². The fourth-order valence-corrected chi connectivity index (χ4v) is 3.53. The molecular formula is C17H23N3. The van der Waals surface area contributed by atoms with Gasteiger partial charge < -0.3 is 5.32 Å². The van der Waals surface area contributed by atoms with Crippen LogP contribution in [0.5, 0.6) is 0 Å². The molecule has 0 bridgehead atoms. The zero-order valence-electron chi connectivity index (χ0n) is 12.8. The minimum absolute atomic E-state index is 0.391. The van der Waals surface area contributed by atoms with Gasteiger partial charge in [-0.05, 0) is 50.8 Å². The quantitative estimate of drug-likeness (QED) is 0.924. The molecule has 2 unspecified atom stereocenters. The molecule has 0 fully saturated rings. The largest absolute Gasteiger partial charge is 0.313 e. The van der Waals surface area contributed by atoms with E-state index >= 15 is 0 Å². The summed E-state index contributed by atoms with van der Waals surface area (Å²) in [5.74, 6) is 0.683. The first-order chi connectivity index (χ1) is 9.61. The number of benzene rings is 1. The van der Waals surface area contributed by atoms with Crippen molar-refractivity contribution in [3.05, 3.63) is 52.3 Å². The lowest BCUT2D eigenvalue weighted by molar-refractivity contribution is 0.449. The normalized spacial score (nSPS) is 18.5. The Hall–Kier alpha value is -1.61. The van der Waals surface area contributed by atoms with Crippen LogP contribution in [0.3, 0.4) is 0 Å². The molecule has 2 aromatic rings. The van der Waals surface area contributed by atoms with E-state index in [1.54, 1.807) is 0 Å². The molecule has 0 amide bonds. The number of hydrogen-bond acceptors (Lipinski definition) is 2. The number of nitrogens with one attached hydrogen (secondary N) is 1. The van der Waals surface area contributed by atoms with E-state index < -0.39 is 0 Å². The van der Waals surface area contributed by atoms with Gasteiger partial charge in [0.25, 0.3) is 0 Å². The molecule has 3 rings (SSSR count). The van der Waals surface area contributed by atoms with Crippen molar-refractivity contribution in [2.45, 2.75) is 38.6 Å². The zero-order valence-corrected chi connectivity index (χ0v) is 12.8. The third-order valence-electron chi connectivity index (χ3n) is 4.74. The fourth-order valence-electron chi connectivity index (χ4n) is 3.53. The van der Waals surface area contributed by atoms with Crippen molar-refractivity contribution in [3.63, 3.8) is 0 Å². The molecular weight excluding hydrogens is 246 g/mol. The Bertz CT molecular complexity index is 627. The SMILES string of the molecule is CNC(CC1Cc2ccccc21)c1c(C)nn(C)c1C. The predicted molar refractivity (Wildman–Crippen MR) is 82.0 cm³/mol. The molecule has 0 spiro atoms. The highest BCUT2D eigenvalue weighted by Crippen LogP contribution is 2.41. The molecule has 1 aliphatic rings. The maximum atomic E-state index is 4.55. The third-order valence-corrected chi connectivity index (χ3v) is 4.74. The van der Waals surface area contributed by atoms with Gasteiger partial charge in [0.1, 0.15) is 0 Å². The average molecular weight is 269 g/mol. The number of aryl methyl sites for hydroxylation is 2. The number of hydrogen-bond donors (Lipinski definition) is 1. The minimum Gasteiger partial charge on any atom is -0.313 e. The summed E-state index contributed by atoms with van der Waals surface area (Å²) in [7, 11) is 4.08. The van der Waals surface area contributed by atoms with Gasteiger partial charge in [0.2, 0.25) is 0 Å². The Kier molecular flexibility index (Phi) is 3.38. The molecule has 1 aliphatic carbocycles. The summed E-state index contributed by atoms with van der Waals surface area (Å²) in [6, 6.07) is 9.21. The molecule has 0 aliphatic heterocycles. The summed E-state index contributed by atoms with van der Waals surface area (Å²) in [5.41, 5.74) is 6.85. The highest BCUT2D eigenvalue weighted by Gasteiger charge is 2.30. The van der Waals surface area contributed by atoms with Crippen molar-refractivity contribution in [3.8, 4) is 0 Å². The van der Waals surface area contributed by atoms with Gasteiger partial charge in [-0.15, -0.1) is 0 Å². The molecule has 1 heterocycles. The monoisotopic (exact) mass is 269 g/mol. The number of nitrogens with zero attached hydrogens (tertiary/aromatic N) is 2. The van der Waals surface area contributed by atoms with Crippen LogP contribution in [-0.2, 0) is 13.5 Å². The first-order valence-corrected chi connectivity index (χ1v) is 7.37. The highest BCUT2D eigenvalue weighted by molar-refractivity contribution is 5.40. The fraction of sp³-hybridized carbons (Fsp3) is 0.471. The Morgan fingerprint density at radius 1 is 1.35 bits per heavy atom. The van der Waals surface area contributed by atoms with Gasteiger partial charge in [0.05, 0.1) is 5.69 Å². The van der Waals surface area contributed by atoms with Gasteiger partial charge in [-0.3, -0.25) is 4.68 Å². The summed E-state index contributed by atoms with van der Waals surface area (Å²) in [4.78, 5) is 0. The lowest BCUT2D eigenvalue weighted by Crippen LogP contribution is -2.25. The van der Waals surface area contributed by atoms with Crippen molar-refractivity contribution in [1.82, 2.24) is 15.1 Å². The van der Waals surface area contributed by atoms with Gasteiger partial charge in [-0.2, -0.15) is 5.10 Å². The zero-order chi connectivity index (χ0) is 14.3. The van der Waals surface area contributed by atoms with Crippen molar-refractivity contribution in [2.75, 3.05) is 7.05 Å². The summed E-state index contributed by atoms with van der Waals surface area (Å²) < 4.78 is 1.99. The number of rotatable bonds is 4. The van der Waals surface area contributed by atoms with E-state index in [1.807, 2.05) is 11.7 Å².